The van der Waals surface area contributed by atoms with E-state index in [1.54, 1.807) is 6.08 Å². The number of fused-ring (bicyclic) bond motifs is 1. The van der Waals surface area contributed by atoms with Crippen LogP contribution in [0.15, 0.2) is 53.0 Å². The Morgan fingerprint density at radius 1 is 1.50 bits per heavy atom. The molecule has 8 heteroatoms. The zero-order valence-corrected chi connectivity index (χ0v) is 13.9. The molecule has 0 saturated carbocycles. The standard InChI is InChI=1S/C14H12BrN5OS/c1-2-5-20-11-4-3-10(15)6-12(11)22-14(20)18-13(21)7-19-9-16-8-17-19/h2-4,6,8-9H,1,5,7H2. The first-order valence-corrected chi connectivity index (χ1v) is 8.08. The molecule has 112 valence electrons. The minimum Gasteiger partial charge on any atom is -0.313 e. The first-order valence-electron chi connectivity index (χ1n) is 6.47. The maximum absolute atomic E-state index is 12.1. The first-order chi connectivity index (χ1) is 10.7. The highest BCUT2D eigenvalue weighted by Crippen LogP contribution is 2.22. The van der Waals surface area contributed by atoms with Crippen LogP contribution in [0.3, 0.4) is 0 Å². The number of amides is 1. The number of hydrogen-bond acceptors (Lipinski definition) is 4. The summed E-state index contributed by atoms with van der Waals surface area (Å²) in [6, 6.07) is 5.98. The third-order valence-corrected chi connectivity index (χ3v) is 4.48. The molecule has 1 amide bonds. The maximum atomic E-state index is 12.1. The van der Waals surface area contributed by atoms with Crippen LogP contribution in [0.25, 0.3) is 10.2 Å². The molecule has 0 unspecified atom stereocenters. The van der Waals surface area contributed by atoms with Gasteiger partial charge in [-0.05, 0) is 18.2 Å². The summed E-state index contributed by atoms with van der Waals surface area (Å²) >= 11 is 4.93. The van der Waals surface area contributed by atoms with Crippen molar-refractivity contribution in [2.75, 3.05) is 0 Å². The SMILES string of the molecule is C=CCn1c(=NC(=O)Cn2cncn2)sc2cc(Br)ccc21. The van der Waals surface area contributed by atoms with E-state index in [0.717, 1.165) is 14.7 Å². The van der Waals surface area contributed by atoms with Crippen LogP contribution in [0.4, 0.5) is 0 Å². The molecule has 2 heterocycles. The molecule has 2 aromatic heterocycles. The minimum absolute atomic E-state index is 0.0754. The van der Waals surface area contributed by atoms with E-state index in [9.17, 15) is 4.79 Å². The van der Waals surface area contributed by atoms with E-state index in [1.807, 2.05) is 22.8 Å². The van der Waals surface area contributed by atoms with Gasteiger partial charge in [-0.3, -0.25) is 4.79 Å². The molecular formula is C14H12BrN5OS. The Labute approximate surface area is 138 Å². The van der Waals surface area contributed by atoms with Crippen molar-refractivity contribution < 1.29 is 4.79 Å². The second kappa shape index (κ2) is 6.37. The number of aromatic nitrogens is 4. The average molecular weight is 378 g/mol. The highest BCUT2D eigenvalue weighted by molar-refractivity contribution is 9.10. The Hall–Kier alpha value is -2.06. The van der Waals surface area contributed by atoms with Crippen LogP contribution in [0.1, 0.15) is 0 Å². The number of allylic oxidation sites excluding steroid dienone is 1. The smallest absolute Gasteiger partial charge is 0.270 e. The number of halogens is 1. The van der Waals surface area contributed by atoms with Gasteiger partial charge in [0.15, 0.2) is 4.80 Å². The number of carbonyl (C=O) groups is 1. The third-order valence-electron chi connectivity index (χ3n) is 2.94. The Morgan fingerprint density at radius 2 is 2.36 bits per heavy atom. The van der Waals surface area contributed by atoms with E-state index in [0.29, 0.717) is 11.3 Å². The molecule has 22 heavy (non-hydrogen) atoms. The van der Waals surface area contributed by atoms with Crippen LogP contribution < -0.4 is 4.80 Å². The van der Waals surface area contributed by atoms with Crippen LogP contribution in [0.5, 0.6) is 0 Å². The molecule has 0 aliphatic rings. The molecule has 0 N–H and O–H groups in total. The van der Waals surface area contributed by atoms with Crippen molar-refractivity contribution in [3.63, 3.8) is 0 Å². The largest absolute Gasteiger partial charge is 0.313 e. The van der Waals surface area contributed by atoms with Gasteiger partial charge in [0, 0.05) is 11.0 Å². The van der Waals surface area contributed by atoms with Crippen molar-refractivity contribution in [1.82, 2.24) is 19.3 Å². The van der Waals surface area contributed by atoms with Crippen LogP contribution >= 0.6 is 27.3 Å². The summed E-state index contributed by atoms with van der Waals surface area (Å²) < 4.78 is 5.47. The van der Waals surface area contributed by atoms with Crippen molar-refractivity contribution in [2.45, 2.75) is 13.1 Å². The van der Waals surface area contributed by atoms with Crippen LogP contribution in [0, 0.1) is 0 Å². The lowest BCUT2D eigenvalue weighted by molar-refractivity contribution is -0.118. The summed E-state index contributed by atoms with van der Waals surface area (Å²) in [7, 11) is 0. The van der Waals surface area contributed by atoms with Gasteiger partial charge < -0.3 is 4.57 Å². The lowest BCUT2D eigenvalue weighted by Crippen LogP contribution is -2.18. The summed E-state index contributed by atoms with van der Waals surface area (Å²) in [6.45, 7) is 4.44. The topological polar surface area (TPSA) is 65.1 Å². The van der Waals surface area contributed by atoms with E-state index in [2.05, 4.69) is 37.6 Å². The van der Waals surface area contributed by atoms with Crippen molar-refractivity contribution in [3.8, 4) is 0 Å². The van der Waals surface area contributed by atoms with Crippen LogP contribution in [-0.2, 0) is 17.9 Å². The molecule has 0 radical (unpaired) electrons. The molecule has 0 atom stereocenters. The molecule has 0 aliphatic heterocycles. The van der Waals surface area contributed by atoms with Crippen LogP contribution in [-0.4, -0.2) is 25.2 Å². The molecule has 6 nitrogen and oxygen atoms in total. The fourth-order valence-electron chi connectivity index (χ4n) is 2.03. The van der Waals surface area contributed by atoms with Gasteiger partial charge in [-0.2, -0.15) is 10.1 Å². The van der Waals surface area contributed by atoms with Crippen LogP contribution in [0.2, 0.25) is 0 Å². The van der Waals surface area contributed by atoms with Crippen molar-refractivity contribution in [2.24, 2.45) is 4.99 Å². The predicted molar refractivity (Wildman–Crippen MR) is 88.3 cm³/mol. The normalized spacial score (nSPS) is 12.0. The molecule has 0 aliphatic carbocycles. The monoisotopic (exact) mass is 377 g/mol. The molecule has 3 rings (SSSR count). The summed E-state index contributed by atoms with van der Waals surface area (Å²) in [4.78, 5) is 20.8. The lowest BCUT2D eigenvalue weighted by Gasteiger charge is -2.01. The minimum atomic E-state index is -0.270. The Morgan fingerprint density at radius 3 is 3.09 bits per heavy atom. The van der Waals surface area contributed by atoms with Gasteiger partial charge in [0.2, 0.25) is 0 Å². The van der Waals surface area contributed by atoms with Gasteiger partial charge in [-0.1, -0.05) is 33.3 Å². The van der Waals surface area contributed by atoms with E-state index in [1.165, 1.54) is 28.7 Å². The predicted octanol–water partition coefficient (Wildman–Crippen LogP) is 2.37. The molecule has 3 aromatic rings. The molecular weight excluding hydrogens is 366 g/mol. The van der Waals surface area contributed by atoms with E-state index in [4.69, 9.17) is 0 Å². The zero-order chi connectivity index (χ0) is 15.5. The molecule has 0 bridgehead atoms. The zero-order valence-electron chi connectivity index (χ0n) is 11.5. The van der Waals surface area contributed by atoms with Crippen molar-refractivity contribution in [1.29, 1.82) is 0 Å². The van der Waals surface area contributed by atoms with Gasteiger partial charge in [-0.25, -0.2) is 9.67 Å². The summed E-state index contributed by atoms with van der Waals surface area (Å²) in [5.41, 5.74) is 1.03. The van der Waals surface area contributed by atoms with Crippen molar-refractivity contribution in [3.05, 3.63) is 52.8 Å². The third kappa shape index (κ3) is 3.07. The lowest BCUT2D eigenvalue weighted by atomic mass is 10.3. The van der Waals surface area contributed by atoms with E-state index < -0.39 is 0 Å². The molecule has 0 fully saturated rings. The fourth-order valence-corrected chi connectivity index (χ4v) is 3.64. The Bertz CT molecular complexity index is 894. The highest BCUT2D eigenvalue weighted by Gasteiger charge is 2.08. The quantitative estimate of drug-likeness (QED) is 0.655. The number of carbonyl (C=O) groups excluding carboxylic acids is 1. The Kier molecular flexibility index (Phi) is 4.30. The highest BCUT2D eigenvalue weighted by atomic mass is 79.9. The average Bonchev–Trinajstić information content (AvgIpc) is 3.08. The van der Waals surface area contributed by atoms with Gasteiger partial charge in [0.05, 0.1) is 10.2 Å². The number of rotatable bonds is 4. The number of thiazole rings is 1. The van der Waals surface area contributed by atoms with Gasteiger partial charge >= 0.3 is 0 Å². The second-order valence-corrected chi connectivity index (χ2v) is 6.42. The fraction of sp³-hybridized carbons (Fsp3) is 0.143. The number of nitrogens with zero attached hydrogens (tertiary/aromatic N) is 5. The van der Waals surface area contributed by atoms with Crippen molar-refractivity contribution >= 4 is 43.4 Å². The van der Waals surface area contributed by atoms with E-state index in [-0.39, 0.29) is 12.5 Å². The number of hydrogen-bond donors (Lipinski definition) is 0. The second-order valence-electron chi connectivity index (χ2n) is 4.49. The molecule has 1 aromatic carbocycles. The first kappa shape index (κ1) is 14.9. The molecule has 0 spiro atoms. The number of benzene rings is 1. The summed E-state index contributed by atoms with van der Waals surface area (Å²) in [5.74, 6) is -0.270. The summed E-state index contributed by atoms with van der Waals surface area (Å²) in [5, 5.41) is 3.91. The maximum Gasteiger partial charge on any atom is 0.270 e. The van der Waals surface area contributed by atoms with E-state index >= 15 is 0 Å². The van der Waals surface area contributed by atoms with Gasteiger partial charge in [-0.15, -0.1) is 6.58 Å². The van der Waals surface area contributed by atoms with Gasteiger partial charge in [0.25, 0.3) is 5.91 Å². The Balaban J connectivity index is 2.04. The molecule has 0 saturated heterocycles. The van der Waals surface area contributed by atoms with Gasteiger partial charge in [0.1, 0.15) is 19.2 Å². The summed E-state index contributed by atoms with van der Waals surface area (Å²) in [6.07, 6.45) is 4.67.